The number of hydrogen-bond acceptors (Lipinski definition) is 2. The van der Waals surface area contributed by atoms with Crippen molar-refractivity contribution in [2.45, 2.75) is 26.5 Å². The fraction of sp³-hybridized carbons (Fsp3) is 0.429. The fourth-order valence-electron chi connectivity index (χ4n) is 2.21. The highest BCUT2D eigenvalue weighted by atomic mass is 16.3. The maximum Gasteiger partial charge on any atom is 0.0932 e. The first kappa shape index (κ1) is 12.1. The molecule has 1 atom stereocenters. The van der Waals surface area contributed by atoms with Crippen molar-refractivity contribution in [3.05, 3.63) is 36.0 Å². The van der Waals surface area contributed by atoms with Crippen molar-refractivity contribution in [1.82, 2.24) is 4.57 Å². The van der Waals surface area contributed by atoms with E-state index >= 15 is 0 Å². The second-order valence-corrected chi connectivity index (χ2v) is 4.90. The molecular formula is C14H20N2O. The van der Waals surface area contributed by atoms with Gasteiger partial charge in [0.2, 0.25) is 0 Å². The number of benzene rings is 1. The van der Waals surface area contributed by atoms with E-state index in [1.54, 1.807) is 0 Å². The standard InChI is InChI=1S/C14H20N2O/c1-10(2)8-16-9-12(14(17)7-15)11-5-3-4-6-13(11)16/h3-6,9-10,14,17H,7-8,15H2,1-2H3. The predicted molar refractivity (Wildman–Crippen MR) is 70.8 cm³/mol. The van der Waals surface area contributed by atoms with Gasteiger partial charge in [-0.1, -0.05) is 32.0 Å². The highest BCUT2D eigenvalue weighted by Gasteiger charge is 2.14. The summed E-state index contributed by atoms with van der Waals surface area (Å²) in [6, 6.07) is 8.15. The molecule has 0 aliphatic carbocycles. The maximum absolute atomic E-state index is 9.94. The Labute approximate surface area is 102 Å². The molecule has 0 saturated heterocycles. The first-order valence-electron chi connectivity index (χ1n) is 6.09. The summed E-state index contributed by atoms with van der Waals surface area (Å²) < 4.78 is 2.20. The number of nitrogens with two attached hydrogens (primary N) is 1. The van der Waals surface area contributed by atoms with Crippen LogP contribution in [0.25, 0.3) is 10.9 Å². The monoisotopic (exact) mass is 232 g/mol. The Morgan fingerprint density at radius 3 is 2.65 bits per heavy atom. The van der Waals surface area contributed by atoms with Gasteiger partial charge in [-0.05, 0) is 12.0 Å². The second kappa shape index (κ2) is 4.90. The van der Waals surface area contributed by atoms with Crippen molar-refractivity contribution in [1.29, 1.82) is 0 Å². The largest absolute Gasteiger partial charge is 0.387 e. The average Bonchev–Trinajstić information content (AvgIpc) is 2.67. The van der Waals surface area contributed by atoms with Crippen LogP contribution in [0.15, 0.2) is 30.5 Å². The number of aromatic nitrogens is 1. The first-order chi connectivity index (χ1) is 8.13. The second-order valence-electron chi connectivity index (χ2n) is 4.90. The number of aliphatic hydroxyl groups excluding tert-OH is 1. The van der Waals surface area contributed by atoms with E-state index in [4.69, 9.17) is 5.73 Å². The minimum absolute atomic E-state index is 0.260. The van der Waals surface area contributed by atoms with E-state index in [1.807, 2.05) is 24.4 Å². The molecule has 0 spiro atoms. The molecule has 17 heavy (non-hydrogen) atoms. The Kier molecular flexibility index (Phi) is 3.50. The lowest BCUT2D eigenvalue weighted by atomic mass is 10.1. The van der Waals surface area contributed by atoms with Gasteiger partial charge in [0.05, 0.1) is 6.10 Å². The Morgan fingerprint density at radius 2 is 2.00 bits per heavy atom. The van der Waals surface area contributed by atoms with Crippen LogP contribution < -0.4 is 5.73 Å². The van der Waals surface area contributed by atoms with E-state index in [0.717, 1.165) is 17.5 Å². The van der Waals surface area contributed by atoms with E-state index in [-0.39, 0.29) is 6.54 Å². The minimum Gasteiger partial charge on any atom is -0.387 e. The molecule has 3 heteroatoms. The average molecular weight is 232 g/mol. The molecule has 1 heterocycles. The van der Waals surface area contributed by atoms with Crippen LogP contribution in [0.2, 0.25) is 0 Å². The van der Waals surface area contributed by atoms with Crippen molar-refractivity contribution < 1.29 is 5.11 Å². The summed E-state index contributed by atoms with van der Waals surface area (Å²) in [5, 5.41) is 11.0. The van der Waals surface area contributed by atoms with E-state index in [9.17, 15) is 5.11 Å². The molecule has 1 aromatic heterocycles. The molecular weight excluding hydrogens is 212 g/mol. The summed E-state index contributed by atoms with van der Waals surface area (Å²) in [6.07, 6.45) is 1.45. The van der Waals surface area contributed by atoms with Gasteiger partial charge in [0.15, 0.2) is 0 Å². The van der Waals surface area contributed by atoms with Gasteiger partial charge in [0, 0.05) is 35.8 Å². The van der Waals surface area contributed by atoms with Crippen LogP contribution in [-0.4, -0.2) is 16.2 Å². The topological polar surface area (TPSA) is 51.2 Å². The molecule has 0 aliphatic rings. The summed E-state index contributed by atoms with van der Waals surface area (Å²) in [5.74, 6) is 0.577. The highest BCUT2D eigenvalue weighted by Crippen LogP contribution is 2.26. The third-order valence-electron chi connectivity index (χ3n) is 2.96. The van der Waals surface area contributed by atoms with Gasteiger partial charge in [-0.15, -0.1) is 0 Å². The molecule has 2 aromatic rings. The first-order valence-corrected chi connectivity index (χ1v) is 6.09. The van der Waals surface area contributed by atoms with Crippen molar-refractivity contribution in [3.8, 4) is 0 Å². The quantitative estimate of drug-likeness (QED) is 0.849. The lowest BCUT2D eigenvalue weighted by molar-refractivity contribution is 0.188. The smallest absolute Gasteiger partial charge is 0.0932 e. The Bertz CT molecular complexity index is 502. The van der Waals surface area contributed by atoms with Crippen molar-refractivity contribution in [2.24, 2.45) is 11.7 Å². The van der Waals surface area contributed by atoms with Gasteiger partial charge in [-0.2, -0.15) is 0 Å². The maximum atomic E-state index is 9.94. The normalized spacial score (nSPS) is 13.5. The SMILES string of the molecule is CC(C)Cn1cc(C(O)CN)c2ccccc21. The molecule has 3 nitrogen and oxygen atoms in total. The van der Waals surface area contributed by atoms with Gasteiger partial charge < -0.3 is 15.4 Å². The van der Waals surface area contributed by atoms with Gasteiger partial charge in [-0.3, -0.25) is 0 Å². The molecule has 0 amide bonds. The van der Waals surface area contributed by atoms with Crippen LogP contribution in [0.3, 0.4) is 0 Å². The Morgan fingerprint density at radius 1 is 1.29 bits per heavy atom. The van der Waals surface area contributed by atoms with Crippen LogP contribution in [-0.2, 0) is 6.54 Å². The predicted octanol–water partition coefficient (Wildman–Crippen LogP) is 2.29. The van der Waals surface area contributed by atoms with Gasteiger partial charge in [0.25, 0.3) is 0 Å². The van der Waals surface area contributed by atoms with Gasteiger partial charge in [0.1, 0.15) is 0 Å². The lowest BCUT2D eigenvalue weighted by Crippen LogP contribution is -2.11. The molecule has 0 fully saturated rings. The van der Waals surface area contributed by atoms with Crippen molar-refractivity contribution in [3.63, 3.8) is 0 Å². The van der Waals surface area contributed by atoms with E-state index in [2.05, 4.69) is 24.5 Å². The van der Waals surface area contributed by atoms with Crippen LogP contribution in [0.5, 0.6) is 0 Å². The van der Waals surface area contributed by atoms with Crippen LogP contribution in [0.4, 0.5) is 0 Å². The molecule has 1 aromatic carbocycles. The van der Waals surface area contributed by atoms with Gasteiger partial charge in [-0.25, -0.2) is 0 Å². The number of rotatable bonds is 4. The van der Waals surface area contributed by atoms with Crippen LogP contribution in [0, 0.1) is 5.92 Å². The number of aliphatic hydroxyl groups is 1. The molecule has 0 bridgehead atoms. The summed E-state index contributed by atoms with van der Waals surface area (Å²) in [5.41, 5.74) is 7.65. The molecule has 92 valence electrons. The highest BCUT2D eigenvalue weighted by molar-refractivity contribution is 5.84. The summed E-state index contributed by atoms with van der Waals surface area (Å²) in [7, 11) is 0. The Hall–Kier alpha value is -1.32. The minimum atomic E-state index is -0.576. The fourth-order valence-corrected chi connectivity index (χ4v) is 2.21. The lowest BCUT2D eigenvalue weighted by Gasteiger charge is -2.07. The van der Waals surface area contributed by atoms with Gasteiger partial charge >= 0.3 is 0 Å². The van der Waals surface area contributed by atoms with E-state index in [1.165, 1.54) is 5.52 Å². The van der Waals surface area contributed by atoms with Crippen molar-refractivity contribution in [2.75, 3.05) is 6.54 Å². The summed E-state index contributed by atoms with van der Waals surface area (Å²) in [4.78, 5) is 0. The number of para-hydroxylation sites is 1. The van der Waals surface area contributed by atoms with E-state index in [0.29, 0.717) is 5.92 Å². The van der Waals surface area contributed by atoms with Crippen LogP contribution >= 0.6 is 0 Å². The zero-order chi connectivity index (χ0) is 12.4. The number of nitrogens with zero attached hydrogens (tertiary/aromatic N) is 1. The third kappa shape index (κ3) is 2.35. The van der Waals surface area contributed by atoms with Crippen LogP contribution in [0.1, 0.15) is 25.5 Å². The summed E-state index contributed by atoms with van der Waals surface area (Å²) >= 11 is 0. The summed E-state index contributed by atoms with van der Waals surface area (Å²) in [6.45, 7) is 5.59. The molecule has 1 unspecified atom stereocenters. The molecule has 0 aliphatic heterocycles. The molecule has 0 radical (unpaired) electrons. The Balaban J connectivity index is 2.54. The van der Waals surface area contributed by atoms with E-state index < -0.39 is 6.10 Å². The molecule has 3 N–H and O–H groups in total. The zero-order valence-corrected chi connectivity index (χ0v) is 10.4. The number of hydrogen-bond donors (Lipinski definition) is 2. The zero-order valence-electron chi connectivity index (χ0n) is 10.4. The third-order valence-corrected chi connectivity index (χ3v) is 2.96. The molecule has 2 rings (SSSR count). The van der Waals surface area contributed by atoms with Crippen molar-refractivity contribution >= 4 is 10.9 Å². The molecule has 0 saturated carbocycles. The number of fused-ring (bicyclic) bond motifs is 1.